The summed E-state index contributed by atoms with van der Waals surface area (Å²) < 4.78 is 0. The molecule has 76 valence electrons. The fourth-order valence-electron chi connectivity index (χ4n) is 1.93. The molecule has 0 aromatic carbocycles. The van der Waals surface area contributed by atoms with Crippen molar-refractivity contribution in [2.75, 3.05) is 11.5 Å². The van der Waals surface area contributed by atoms with Gasteiger partial charge in [0.05, 0.1) is 0 Å². The number of pyridine rings is 1. The minimum Gasteiger partial charge on any atom is -0.384 e. The van der Waals surface area contributed by atoms with Crippen LogP contribution >= 0.6 is 11.8 Å². The van der Waals surface area contributed by atoms with E-state index in [0.29, 0.717) is 5.92 Å². The van der Waals surface area contributed by atoms with E-state index < -0.39 is 5.60 Å². The number of thioether (sulfide) groups is 1. The fraction of sp³-hybridized carbons (Fsp3) is 0.545. The third-order valence-corrected chi connectivity index (χ3v) is 4.39. The molecule has 1 aliphatic rings. The van der Waals surface area contributed by atoms with Crippen molar-refractivity contribution in [2.45, 2.75) is 19.4 Å². The molecule has 2 unspecified atom stereocenters. The minimum atomic E-state index is -0.664. The summed E-state index contributed by atoms with van der Waals surface area (Å²) in [5.41, 5.74) is 1.47. The van der Waals surface area contributed by atoms with Gasteiger partial charge in [-0.05, 0) is 30.2 Å². The second-order valence-electron chi connectivity index (χ2n) is 4.03. The first-order chi connectivity index (χ1) is 6.64. The molecule has 0 bridgehead atoms. The maximum Gasteiger partial charge on any atom is 0.104 e. The highest BCUT2D eigenvalue weighted by atomic mass is 32.2. The highest BCUT2D eigenvalue weighted by Crippen LogP contribution is 2.41. The third kappa shape index (κ3) is 1.44. The minimum absolute atomic E-state index is 0.315. The zero-order valence-electron chi connectivity index (χ0n) is 8.53. The molecule has 1 saturated heterocycles. The summed E-state index contributed by atoms with van der Waals surface area (Å²) in [5.74, 6) is 2.14. The van der Waals surface area contributed by atoms with Crippen molar-refractivity contribution in [1.29, 1.82) is 0 Å². The molecule has 14 heavy (non-hydrogen) atoms. The van der Waals surface area contributed by atoms with Crippen molar-refractivity contribution in [3.05, 3.63) is 29.6 Å². The van der Waals surface area contributed by atoms with Gasteiger partial charge in [0.2, 0.25) is 0 Å². The zero-order chi connectivity index (χ0) is 10.2. The summed E-state index contributed by atoms with van der Waals surface area (Å²) in [6.45, 7) is 4.14. The Morgan fingerprint density at radius 3 is 3.00 bits per heavy atom. The molecular weight excluding hydrogens is 194 g/mol. The van der Waals surface area contributed by atoms with Crippen LogP contribution in [-0.2, 0) is 5.60 Å². The second-order valence-corrected chi connectivity index (χ2v) is 5.06. The van der Waals surface area contributed by atoms with E-state index in [4.69, 9.17) is 0 Å². The topological polar surface area (TPSA) is 33.1 Å². The van der Waals surface area contributed by atoms with Crippen molar-refractivity contribution in [3.8, 4) is 0 Å². The van der Waals surface area contributed by atoms with Crippen LogP contribution in [0.1, 0.15) is 18.1 Å². The van der Waals surface area contributed by atoms with Crippen LogP contribution in [0.5, 0.6) is 0 Å². The number of aliphatic hydroxyl groups is 1. The maximum absolute atomic E-state index is 10.6. The molecule has 3 heteroatoms. The molecule has 2 rings (SSSR count). The molecule has 0 amide bonds. The van der Waals surface area contributed by atoms with Gasteiger partial charge >= 0.3 is 0 Å². The Morgan fingerprint density at radius 1 is 1.64 bits per heavy atom. The molecule has 1 aromatic heterocycles. The number of rotatable bonds is 1. The van der Waals surface area contributed by atoms with Crippen LogP contribution in [0.4, 0.5) is 0 Å². The lowest BCUT2D eigenvalue weighted by Crippen LogP contribution is -2.33. The van der Waals surface area contributed by atoms with Gasteiger partial charge in [-0.2, -0.15) is 11.8 Å². The first-order valence-corrected chi connectivity index (χ1v) is 6.01. The van der Waals surface area contributed by atoms with Crippen LogP contribution in [0.25, 0.3) is 0 Å². The molecule has 1 aliphatic heterocycles. The molecule has 2 heterocycles. The zero-order valence-corrected chi connectivity index (χ0v) is 9.34. The summed E-state index contributed by atoms with van der Waals surface area (Å²) in [7, 11) is 0. The molecule has 0 aliphatic carbocycles. The van der Waals surface area contributed by atoms with Gasteiger partial charge in [0.15, 0.2) is 0 Å². The number of hydrogen-bond donors (Lipinski definition) is 1. The molecule has 2 atom stereocenters. The van der Waals surface area contributed by atoms with Gasteiger partial charge in [-0.1, -0.05) is 6.92 Å². The summed E-state index contributed by atoms with van der Waals surface area (Å²) in [6.07, 6.45) is 3.58. The maximum atomic E-state index is 10.6. The van der Waals surface area contributed by atoms with Gasteiger partial charge in [0.25, 0.3) is 0 Å². The quantitative estimate of drug-likeness (QED) is 0.767. The van der Waals surface area contributed by atoms with Crippen LogP contribution < -0.4 is 0 Å². The van der Waals surface area contributed by atoms with Gasteiger partial charge in [0, 0.05) is 23.7 Å². The standard InChI is InChI=1S/C11H15NOS/c1-8-3-4-12-5-10(8)11(13)7-14-6-9(11)2/h3-5,9,13H,6-7H2,1-2H3. The van der Waals surface area contributed by atoms with Crippen LogP contribution in [0, 0.1) is 12.8 Å². The Morgan fingerprint density at radius 2 is 2.43 bits per heavy atom. The van der Waals surface area contributed by atoms with E-state index in [2.05, 4.69) is 11.9 Å². The van der Waals surface area contributed by atoms with Gasteiger partial charge in [0.1, 0.15) is 5.60 Å². The third-order valence-electron chi connectivity index (χ3n) is 3.01. The smallest absolute Gasteiger partial charge is 0.104 e. The number of hydrogen-bond acceptors (Lipinski definition) is 3. The van der Waals surface area contributed by atoms with E-state index in [0.717, 1.165) is 22.6 Å². The molecule has 1 fully saturated rings. The number of nitrogens with zero attached hydrogens (tertiary/aromatic N) is 1. The summed E-state index contributed by atoms with van der Waals surface area (Å²) >= 11 is 1.81. The predicted octanol–water partition coefficient (Wildman–Crippen LogP) is 1.96. The van der Waals surface area contributed by atoms with Gasteiger partial charge in [-0.3, -0.25) is 4.98 Å². The first-order valence-electron chi connectivity index (χ1n) is 4.86. The van der Waals surface area contributed by atoms with E-state index in [1.54, 1.807) is 12.4 Å². The molecular formula is C11H15NOS. The molecule has 0 spiro atoms. The second kappa shape index (κ2) is 3.55. The Kier molecular flexibility index (Phi) is 2.54. The number of aryl methyl sites for hydroxylation is 1. The average Bonchev–Trinajstić information content (AvgIpc) is 2.49. The van der Waals surface area contributed by atoms with E-state index >= 15 is 0 Å². The Balaban J connectivity index is 2.43. The van der Waals surface area contributed by atoms with Crippen LogP contribution in [0.15, 0.2) is 18.5 Å². The van der Waals surface area contributed by atoms with Gasteiger partial charge in [-0.15, -0.1) is 0 Å². The van der Waals surface area contributed by atoms with Gasteiger partial charge < -0.3 is 5.11 Å². The first kappa shape index (κ1) is 9.99. The summed E-state index contributed by atoms with van der Waals surface area (Å²) in [4.78, 5) is 4.10. The Bertz CT molecular complexity index is 342. The highest BCUT2D eigenvalue weighted by molar-refractivity contribution is 7.99. The van der Waals surface area contributed by atoms with Crippen molar-refractivity contribution in [1.82, 2.24) is 4.98 Å². The molecule has 0 radical (unpaired) electrons. The van der Waals surface area contributed by atoms with E-state index in [1.165, 1.54) is 0 Å². The monoisotopic (exact) mass is 209 g/mol. The largest absolute Gasteiger partial charge is 0.384 e. The molecule has 0 saturated carbocycles. The lowest BCUT2D eigenvalue weighted by atomic mass is 9.84. The summed E-state index contributed by atoms with van der Waals surface area (Å²) in [5, 5.41) is 10.6. The number of aromatic nitrogens is 1. The van der Waals surface area contributed by atoms with Crippen LogP contribution in [0.3, 0.4) is 0 Å². The molecule has 1 aromatic rings. The van der Waals surface area contributed by atoms with Crippen LogP contribution in [0.2, 0.25) is 0 Å². The predicted molar refractivity (Wildman–Crippen MR) is 59.4 cm³/mol. The Hall–Kier alpha value is -0.540. The van der Waals surface area contributed by atoms with Crippen molar-refractivity contribution in [2.24, 2.45) is 5.92 Å². The normalized spacial score (nSPS) is 32.1. The SMILES string of the molecule is Cc1ccncc1C1(O)CSCC1C. The fourth-order valence-corrected chi connectivity index (χ4v) is 3.43. The van der Waals surface area contributed by atoms with E-state index in [9.17, 15) is 5.11 Å². The highest BCUT2D eigenvalue weighted by Gasteiger charge is 2.41. The van der Waals surface area contributed by atoms with Crippen molar-refractivity contribution >= 4 is 11.8 Å². The van der Waals surface area contributed by atoms with Crippen molar-refractivity contribution in [3.63, 3.8) is 0 Å². The van der Waals surface area contributed by atoms with E-state index in [-0.39, 0.29) is 0 Å². The summed E-state index contributed by atoms with van der Waals surface area (Å²) in [6, 6.07) is 1.96. The lowest BCUT2D eigenvalue weighted by Gasteiger charge is -2.28. The van der Waals surface area contributed by atoms with Crippen LogP contribution in [-0.4, -0.2) is 21.6 Å². The molecule has 1 N–H and O–H groups in total. The Labute approximate surface area is 88.8 Å². The van der Waals surface area contributed by atoms with Gasteiger partial charge in [-0.25, -0.2) is 0 Å². The lowest BCUT2D eigenvalue weighted by molar-refractivity contribution is 0.0225. The average molecular weight is 209 g/mol. The molecule has 2 nitrogen and oxygen atoms in total. The van der Waals surface area contributed by atoms with E-state index in [1.807, 2.05) is 24.8 Å². The van der Waals surface area contributed by atoms with Crippen molar-refractivity contribution < 1.29 is 5.11 Å².